The van der Waals surface area contributed by atoms with E-state index in [4.69, 9.17) is 21.5 Å². The molecule has 1 amide bonds. The maximum absolute atomic E-state index is 11.0. The Morgan fingerprint density at radius 2 is 1.89 bits per heavy atom. The van der Waals surface area contributed by atoms with Gasteiger partial charge in [0, 0.05) is 0 Å². The number of amides is 1. The molecule has 2 rings (SSSR count). The van der Waals surface area contributed by atoms with E-state index >= 15 is 0 Å². The molecule has 0 aliphatic rings. The van der Waals surface area contributed by atoms with Crippen molar-refractivity contribution in [1.29, 1.82) is 5.26 Å². The zero-order valence-corrected chi connectivity index (χ0v) is 9.83. The van der Waals surface area contributed by atoms with Crippen molar-refractivity contribution >= 4 is 11.6 Å². The van der Waals surface area contributed by atoms with Crippen molar-refractivity contribution in [2.24, 2.45) is 5.73 Å². The summed E-state index contributed by atoms with van der Waals surface area (Å²) in [6.45, 7) is 0. The Labute approximate surface area is 109 Å². The molecule has 0 aliphatic heterocycles. The monoisotopic (exact) mass is 254 g/mol. The standard InChI is InChI=1S/C13H10N4O2/c14-7-8-1-3-9(4-2-8)19-13-10(15)5-6-11(17-13)12(16)18/h1-6H,15H2,(H2,16,18). The molecule has 0 aliphatic carbocycles. The second-order valence-electron chi connectivity index (χ2n) is 3.69. The number of anilines is 1. The van der Waals surface area contributed by atoms with Crippen LogP contribution in [0.15, 0.2) is 36.4 Å². The van der Waals surface area contributed by atoms with E-state index in [-0.39, 0.29) is 17.3 Å². The molecule has 1 heterocycles. The van der Waals surface area contributed by atoms with Gasteiger partial charge >= 0.3 is 0 Å². The summed E-state index contributed by atoms with van der Waals surface area (Å²) in [5.74, 6) is -0.106. The van der Waals surface area contributed by atoms with Gasteiger partial charge in [-0.1, -0.05) is 0 Å². The molecule has 0 saturated heterocycles. The number of benzene rings is 1. The molecule has 0 fully saturated rings. The van der Waals surface area contributed by atoms with Crippen LogP contribution in [-0.2, 0) is 0 Å². The number of carbonyl (C=O) groups is 1. The molecule has 0 radical (unpaired) electrons. The SMILES string of the molecule is N#Cc1ccc(Oc2nc(C(N)=O)ccc2N)cc1. The summed E-state index contributed by atoms with van der Waals surface area (Å²) in [6, 6.07) is 11.3. The van der Waals surface area contributed by atoms with Crippen molar-refractivity contribution in [3.63, 3.8) is 0 Å². The highest BCUT2D eigenvalue weighted by Gasteiger charge is 2.09. The topological polar surface area (TPSA) is 115 Å². The maximum Gasteiger partial charge on any atom is 0.267 e. The maximum atomic E-state index is 11.0. The fourth-order valence-corrected chi connectivity index (χ4v) is 1.38. The number of rotatable bonds is 3. The number of nitrogens with two attached hydrogens (primary N) is 2. The van der Waals surface area contributed by atoms with Gasteiger partial charge in [-0.15, -0.1) is 0 Å². The largest absolute Gasteiger partial charge is 0.437 e. The zero-order valence-electron chi connectivity index (χ0n) is 9.83. The highest BCUT2D eigenvalue weighted by Crippen LogP contribution is 2.25. The molecule has 94 valence electrons. The number of nitrogen functional groups attached to an aromatic ring is 1. The molecule has 19 heavy (non-hydrogen) atoms. The van der Waals surface area contributed by atoms with Crippen LogP contribution in [0.2, 0.25) is 0 Å². The molecular weight excluding hydrogens is 244 g/mol. The van der Waals surface area contributed by atoms with E-state index in [9.17, 15) is 4.79 Å². The predicted molar refractivity (Wildman–Crippen MR) is 68.4 cm³/mol. The van der Waals surface area contributed by atoms with Crippen molar-refractivity contribution in [1.82, 2.24) is 4.98 Å². The summed E-state index contributed by atoms with van der Waals surface area (Å²) in [5.41, 5.74) is 11.7. The van der Waals surface area contributed by atoms with Crippen molar-refractivity contribution in [2.45, 2.75) is 0 Å². The highest BCUT2D eigenvalue weighted by atomic mass is 16.5. The van der Waals surface area contributed by atoms with Gasteiger partial charge in [0.15, 0.2) is 0 Å². The second-order valence-corrected chi connectivity index (χ2v) is 3.69. The van der Waals surface area contributed by atoms with Crippen molar-refractivity contribution in [3.05, 3.63) is 47.7 Å². The Bertz CT molecular complexity index is 659. The van der Waals surface area contributed by atoms with Crippen LogP contribution in [0, 0.1) is 11.3 Å². The lowest BCUT2D eigenvalue weighted by Gasteiger charge is -2.08. The summed E-state index contributed by atoms with van der Waals surface area (Å²) in [4.78, 5) is 15.0. The number of nitriles is 1. The van der Waals surface area contributed by atoms with E-state index < -0.39 is 5.91 Å². The molecule has 0 saturated carbocycles. The van der Waals surface area contributed by atoms with E-state index in [0.717, 1.165) is 0 Å². The molecule has 0 unspecified atom stereocenters. The second kappa shape index (κ2) is 5.06. The van der Waals surface area contributed by atoms with E-state index in [2.05, 4.69) is 4.98 Å². The van der Waals surface area contributed by atoms with Gasteiger partial charge in [-0.25, -0.2) is 4.98 Å². The summed E-state index contributed by atoms with van der Waals surface area (Å²) < 4.78 is 5.45. The quantitative estimate of drug-likeness (QED) is 0.859. The molecule has 0 bridgehead atoms. The van der Waals surface area contributed by atoms with Crippen LogP contribution in [0.3, 0.4) is 0 Å². The number of carbonyl (C=O) groups excluding carboxylic acids is 1. The number of pyridine rings is 1. The third-order valence-corrected chi connectivity index (χ3v) is 2.34. The van der Waals surface area contributed by atoms with Gasteiger partial charge in [-0.3, -0.25) is 4.79 Å². The first kappa shape index (κ1) is 12.4. The van der Waals surface area contributed by atoms with Crippen LogP contribution in [-0.4, -0.2) is 10.9 Å². The molecule has 4 N–H and O–H groups in total. The van der Waals surface area contributed by atoms with Gasteiger partial charge in [0.05, 0.1) is 17.3 Å². The minimum absolute atomic E-state index is 0.0674. The first-order chi connectivity index (χ1) is 9.10. The smallest absolute Gasteiger partial charge is 0.267 e. The van der Waals surface area contributed by atoms with E-state index in [0.29, 0.717) is 11.3 Å². The van der Waals surface area contributed by atoms with Crippen LogP contribution in [0.4, 0.5) is 5.69 Å². The average molecular weight is 254 g/mol. The lowest BCUT2D eigenvalue weighted by Crippen LogP contribution is -2.13. The Balaban J connectivity index is 2.29. The summed E-state index contributed by atoms with van der Waals surface area (Å²) in [7, 11) is 0. The van der Waals surface area contributed by atoms with Crippen LogP contribution in [0.5, 0.6) is 11.6 Å². The zero-order chi connectivity index (χ0) is 13.8. The number of hydrogen-bond donors (Lipinski definition) is 2. The van der Waals surface area contributed by atoms with Gasteiger partial charge in [-0.05, 0) is 36.4 Å². The van der Waals surface area contributed by atoms with Crippen LogP contribution in [0.1, 0.15) is 16.1 Å². The average Bonchev–Trinajstić information content (AvgIpc) is 2.42. The summed E-state index contributed by atoms with van der Waals surface area (Å²) >= 11 is 0. The molecule has 6 heteroatoms. The van der Waals surface area contributed by atoms with Gasteiger partial charge < -0.3 is 16.2 Å². The number of aromatic nitrogens is 1. The molecule has 1 aromatic heterocycles. The Kier molecular flexibility index (Phi) is 3.30. The third-order valence-electron chi connectivity index (χ3n) is 2.34. The van der Waals surface area contributed by atoms with Gasteiger partial charge in [0.2, 0.25) is 5.88 Å². The predicted octanol–water partition coefficient (Wildman–Crippen LogP) is 1.43. The fourth-order valence-electron chi connectivity index (χ4n) is 1.38. The first-order valence-electron chi connectivity index (χ1n) is 5.34. The minimum Gasteiger partial charge on any atom is -0.437 e. The minimum atomic E-state index is -0.662. The first-order valence-corrected chi connectivity index (χ1v) is 5.34. The van der Waals surface area contributed by atoms with Crippen molar-refractivity contribution < 1.29 is 9.53 Å². The molecule has 2 aromatic rings. The Morgan fingerprint density at radius 1 is 1.21 bits per heavy atom. The summed E-state index contributed by atoms with van der Waals surface area (Å²) in [6.07, 6.45) is 0. The summed E-state index contributed by atoms with van der Waals surface area (Å²) in [5, 5.41) is 8.69. The van der Waals surface area contributed by atoms with Crippen molar-refractivity contribution in [3.8, 4) is 17.7 Å². The van der Waals surface area contributed by atoms with E-state index in [1.165, 1.54) is 12.1 Å². The van der Waals surface area contributed by atoms with Crippen LogP contribution >= 0.6 is 0 Å². The number of primary amides is 1. The molecule has 0 atom stereocenters. The van der Waals surface area contributed by atoms with Crippen molar-refractivity contribution in [2.75, 3.05) is 5.73 Å². The Morgan fingerprint density at radius 3 is 2.47 bits per heavy atom. The number of ether oxygens (including phenoxy) is 1. The highest BCUT2D eigenvalue weighted by molar-refractivity contribution is 5.91. The third kappa shape index (κ3) is 2.79. The molecule has 6 nitrogen and oxygen atoms in total. The normalized spacial score (nSPS) is 9.63. The fraction of sp³-hybridized carbons (Fsp3) is 0. The molecule has 1 aromatic carbocycles. The van der Waals surface area contributed by atoms with Crippen LogP contribution < -0.4 is 16.2 Å². The lowest BCUT2D eigenvalue weighted by molar-refractivity contribution is 0.0995. The Hall–Kier alpha value is -3.07. The lowest BCUT2D eigenvalue weighted by atomic mass is 10.2. The number of hydrogen-bond acceptors (Lipinski definition) is 5. The molecular formula is C13H10N4O2. The van der Waals surface area contributed by atoms with Gasteiger partial charge in [0.1, 0.15) is 11.4 Å². The van der Waals surface area contributed by atoms with Gasteiger partial charge in [-0.2, -0.15) is 5.26 Å². The van der Waals surface area contributed by atoms with E-state index in [1.807, 2.05) is 6.07 Å². The molecule has 0 spiro atoms. The van der Waals surface area contributed by atoms with Crippen LogP contribution in [0.25, 0.3) is 0 Å². The van der Waals surface area contributed by atoms with Gasteiger partial charge in [0.25, 0.3) is 5.91 Å². The van der Waals surface area contributed by atoms with E-state index in [1.54, 1.807) is 24.3 Å². The number of nitrogens with zero attached hydrogens (tertiary/aromatic N) is 2.